The molecule has 0 aromatic heterocycles. The maximum atomic E-state index is 13.6. The zero-order valence-electron chi connectivity index (χ0n) is 17.6. The van der Waals surface area contributed by atoms with Crippen LogP contribution in [0.3, 0.4) is 0 Å². The van der Waals surface area contributed by atoms with Gasteiger partial charge in [-0.2, -0.15) is 11.8 Å². The molecule has 2 rings (SSSR count). The Kier molecular flexibility index (Phi) is 9.17. The predicted molar refractivity (Wildman–Crippen MR) is 123 cm³/mol. The zero-order valence-corrected chi connectivity index (χ0v) is 19.2. The number of hydrogen-bond donors (Lipinski definition) is 1. The van der Waals surface area contributed by atoms with Gasteiger partial charge in [-0.25, -0.2) is 12.8 Å². The fourth-order valence-corrected chi connectivity index (χ4v) is 4.61. The van der Waals surface area contributed by atoms with Crippen molar-refractivity contribution in [1.29, 1.82) is 0 Å². The molecule has 1 amide bonds. The molecule has 0 bridgehead atoms. The van der Waals surface area contributed by atoms with E-state index >= 15 is 0 Å². The Morgan fingerprint density at radius 3 is 2.40 bits per heavy atom. The summed E-state index contributed by atoms with van der Waals surface area (Å²) >= 11 is 1.59. The number of carbonyl (C=O) groups is 1. The first-order valence-corrected chi connectivity index (χ1v) is 12.8. The average molecular weight is 453 g/mol. The van der Waals surface area contributed by atoms with E-state index in [1.54, 1.807) is 36.0 Å². The molecule has 0 atom stereocenters. The molecule has 1 N–H and O–H groups in total. The van der Waals surface area contributed by atoms with Gasteiger partial charge in [-0.1, -0.05) is 44.2 Å². The lowest BCUT2D eigenvalue weighted by atomic mass is 10.0. The van der Waals surface area contributed by atoms with Gasteiger partial charge in [0, 0.05) is 12.3 Å². The number of thioether (sulfide) groups is 1. The van der Waals surface area contributed by atoms with E-state index < -0.39 is 10.0 Å². The van der Waals surface area contributed by atoms with Crippen LogP contribution < -0.4 is 9.62 Å². The molecule has 0 aliphatic carbocycles. The molecule has 8 heteroatoms. The van der Waals surface area contributed by atoms with Crippen molar-refractivity contribution in [3.8, 4) is 0 Å². The first kappa shape index (κ1) is 24.2. The van der Waals surface area contributed by atoms with Crippen molar-refractivity contribution in [2.75, 3.05) is 29.4 Å². The zero-order chi connectivity index (χ0) is 22.1. The van der Waals surface area contributed by atoms with Crippen molar-refractivity contribution in [3.05, 3.63) is 65.5 Å². The van der Waals surface area contributed by atoms with E-state index in [9.17, 15) is 17.6 Å². The summed E-state index contributed by atoms with van der Waals surface area (Å²) in [6.07, 6.45) is 1.81. The van der Waals surface area contributed by atoms with Gasteiger partial charge in [0.2, 0.25) is 15.9 Å². The monoisotopic (exact) mass is 452 g/mol. The van der Waals surface area contributed by atoms with Crippen LogP contribution in [0, 0.1) is 5.82 Å². The van der Waals surface area contributed by atoms with Crippen molar-refractivity contribution < 1.29 is 17.6 Å². The van der Waals surface area contributed by atoms with Crippen LogP contribution >= 0.6 is 11.8 Å². The second-order valence-corrected chi connectivity index (χ2v) is 10.4. The SMILES string of the molecule is CC(C)c1ccc(N(CC(=O)NCCCSCc2ccccc2F)S(C)(=O)=O)cc1. The van der Waals surface area contributed by atoms with Crippen LogP contribution in [0.5, 0.6) is 0 Å². The molecule has 2 aromatic rings. The molecule has 0 unspecified atom stereocenters. The Morgan fingerprint density at radius 1 is 1.13 bits per heavy atom. The molecule has 0 aliphatic heterocycles. The number of nitrogens with zero attached hydrogens (tertiary/aromatic N) is 1. The Bertz CT molecular complexity index is 932. The Morgan fingerprint density at radius 2 is 1.80 bits per heavy atom. The van der Waals surface area contributed by atoms with Crippen molar-refractivity contribution in [2.24, 2.45) is 0 Å². The van der Waals surface area contributed by atoms with Crippen LogP contribution in [0.1, 0.15) is 37.3 Å². The number of rotatable bonds is 11. The van der Waals surface area contributed by atoms with E-state index in [1.807, 2.05) is 18.2 Å². The van der Waals surface area contributed by atoms with Crippen LogP contribution in [-0.4, -0.2) is 39.4 Å². The molecule has 0 fully saturated rings. The Labute approximate surface area is 183 Å². The third kappa shape index (κ3) is 7.65. The third-order valence-corrected chi connectivity index (χ3v) is 6.77. The third-order valence-electron chi connectivity index (χ3n) is 4.54. The largest absolute Gasteiger partial charge is 0.354 e. The topological polar surface area (TPSA) is 66.5 Å². The highest BCUT2D eigenvalue weighted by molar-refractivity contribution is 7.98. The first-order chi connectivity index (χ1) is 14.2. The smallest absolute Gasteiger partial charge is 0.240 e. The molecular formula is C22H29FN2O3S2. The minimum Gasteiger partial charge on any atom is -0.354 e. The number of nitrogens with one attached hydrogen (secondary N) is 1. The van der Waals surface area contributed by atoms with Crippen LogP contribution in [0.25, 0.3) is 0 Å². The number of benzene rings is 2. The van der Waals surface area contributed by atoms with Crippen LogP contribution in [0.2, 0.25) is 0 Å². The number of hydrogen-bond acceptors (Lipinski definition) is 4. The number of amides is 1. The summed E-state index contributed by atoms with van der Waals surface area (Å²) in [4.78, 5) is 12.3. The van der Waals surface area contributed by atoms with E-state index in [4.69, 9.17) is 0 Å². The normalized spacial score (nSPS) is 11.5. The molecule has 164 valence electrons. The molecule has 30 heavy (non-hydrogen) atoms. The standard InChI is InChI=1S/C22H29FN2O3S2/c1-17(2)18-9-11-20(12-10-18)25(30(3,27)28)15-22(26)24-13-6-14-29-16-19-7-4-5-8-21(19)23/h4-5,7-12,17H,6,13-16H2,1-3H3,(H,24,26). The van der Waals surface area contributed by atoms with Gasteiger partial charge in [0.15, 0.2) is 0 Å². The second-order valence-electron chi connectivity index (χ2n) is 7.36. The summed E-state index contributed by atoms with van der Waals surface area (Å²) in [6, 6.07) is 13.9. The summed E-state index contributed by atoms with van der Waals surface area (Å²) in [7, 11) is -3.59. The van der Waals surface area contributed by atoms with Crippen LogP contribution in [-0.2, 0) is 20.6 Å². The lowest BCUT2D eigenvalue weighted by Gasteiger charge is -2.22. The Balaban J connectivity index is 1.80. The minimum absolute atomic E-state index is 0.208. The molecule has 5 nitrogen and oxygen atoms in total. The lowest BCUT2D eigenvalue weighted by molar-refractivity contribution is -0.119. The molecular weight excluding hydrogens is 423 g/mol. The van der Waals surface area contributed by atoms with Crippen molar-refractivity contribution >= 4 is 33.4 Å². The first-order valence-electron chi connectivity index (χ1n) is 9.84. The van der Waals surface area contributed by atoms with Crippen molar-refractivity contribution in [1.82, 2.24) is 5.32 Å². The summed E-state index contributed by atoms with van der Waals surface area (Å²) < 4.78 is 39.0. The van der Waals surface area contributed by atoms with Crippen LogP contribution in [0.4, 0.5) is 10.1 Å². The summed E-state index contributed by atoms with van der Waals surface area (Å²) in [5.74, 6) is 1.12. The number of carbonyl (C=O) groups excluding carboxylic acids is 1. The molecule has 0 saturated carbocycles. The Hall–Kier alpha value is -2.06. The maximum Gasteiger partial charge on any atom is 0.240 e. The second kappa shape index (κ2) is 11.4. The molecule has 0 spiro atoms. The number of sulfonamides is 1. The average Bonchev–Trinajstić information content (AvgIpc) is 2.69. The van der Waals surface area contributed by atoms with Gasteiger partial charge in [0.25, 0.3) is 0 Å². The lowest BCUT2D eigenvalue weighted by Crippen LogP contribution is -2.40. The number of halogens is 1. The number of anilines is 1. The van der Waals surface area contributed by atoms with Gasteiger partial charge in [-0.05, 0) is 47.4 Å². The molecule has 0 radical (unpaired) electrons. The van der Waals surface area contributed by atoms with Gasteiger partial charge in [-0.15, -0.1) is 0 Å². The highest BCUT2D eigenvalue weighted by Gasteiger charge is 2.20. The van der Waals surface area contributed by atoms with Crippen molar-refractivity contribution in [2.45, 2.75) is 31.9 Å². The molecule has 0 heterocycles. The highest BCUT2D eigenvalue weighted by atomic mass is 32.2. The van der Waals surface area contributed by atoms with Gasteiger partial charge < -0.3 is 5.32 Å². The summed E-state index contributed by atoms with van der Waals surface area (Å²) in [5.41, 5.74) is 2.24. The van der Waals surface area contributed by atoms with E-state index in [0.29, 0.717) is 35.9 Å². The van der Waals surface area contributed by atoms with E-state index in [0.717, 1.165) is 21.9 Å². The summed E-state index contributed by atoms with van der Waals surface area (Å²) in [5, 5.41) is 2.76. The van der Waals surface area contributed by atoms with E-state index in [1.165, 1.54) is 6.07 Å². The van der Waals surface area contributed by atoms with Crippen LogP contribution in [0.15, 0.2) is 48.5 Å². The van der Waals surface area contributed by atoms with Gasteiger partial charge in [-0.3, -0.25) is 9.10 Å². The molecule has 0 aliphatic rings. The highest BCUT2D eigenvalue weighted by Crippen LogP contribution is 2.22. The predicted octanol–water partition coefficient (Wildman–Crippen LogP) is 4.15. The minimum atomic E-state index is -3.59. The molecule has 2 aromatic carbocycles. The summed E-state index contributed by atoms with van der Waals surface area (Å²) in [6.45, 7) is 4.30. The van der Waals surface area contributed by atoms with Gasteiger partial charge in [0.1, 0.15) is 12.4 Å². The van der Waals surface area contributed by atoms with Gasteiger partial charge in [0.05, 0.1) is 11.9 Å². The fourth-order valence-electron chi connectivity index (χ4n) is 2.81. The quantitative estimate of drug-likeness (QED) is 0.520. The maximum absolute atomic E-state index is 13.6. The molecule has 0 saturated heterocycles. The van der Waals surface area contributed by atoms with Gasteiger partial charge >= 0.3 is 0 Å². The van der Waals surface area contributed by atoms with E-state index in [2.05, 4.69) is 19.2 Å². The van der Waals surface area contributed by atoms with Crippen molar-refractivity contribution in [3.63, 3.8) is 0 Å². The fraction of sp³-hybridized carbons (Fsp3) is 0.409. The van der Waals surface area contributed by atoms with E-state index in [-0.39, 0.29) is 18.3 Å².